The summed E-state index contributed by atoms with van der Waals surface area (Å²) in [7, 11) is 0. The van der Waals surface area contributed by atoms with Crippen molar-refractivity contribution in [3.63, 3.8) is 0 Å². The van der Waals surface area contributed by atoms with Gasteiger partial charge >= 0.3 is 0 Å². The molecule has 2 saturated heterocycles. The van der Waals surface area contributed by atoms with Crippen LogP contribution < -0.4 is 10.2 Å². The van der Waals surface area contributed by atoms with E-state index in [0.717, 1.165) is 57.1 Å². The highest BCUT2D eigenvalue weighted by Gasteiger charge is 2.21. The molecule has 8 heteroatoms. The van der Waals surface area contributed by atoms with Gasteiger partial charge in [-0.3, -0.25) is 4.90 Å². The summed E-state index contributed by atoms with van der Waals surface area (Å²) < 4.78 is 0. The first-order valence-electron chi connectivity index (χ1n) is 12.1. The minimum Gasteiger partial charge on any atom is -0.357 e. The number of nitrogens with zero attached hydrogens (tertiary/aromatic N) is 6. The van der Waals surface area contributed by atoms with E-state index >= 15 is 0 Å². The van der Waals surface area contributed by atoms with Gasteiger partial charge in [0.1, 0.15) is 0 Å². The van der Waals surface area contributed by atoms with Crippen molar-refractivity contribution in [3.05, 3.63) is 53.9 Å². The van der Waals surface area contributed by atoms with Gasteiger partial charge in [0.2, 0.25) is 5.95 Å². The topological polar surface area (TPSA) is 59.9 Å². The van der Waals surface area contributed by atoms with Crippen LogP contribution in [0.2, 0.25) is 0 Å². The molecule has 180 valence electrons. The first-order valence-corrected chi connectivity index (χ1v) is 12.1. The highest BCUT2D eigenvalue weighted by Crippen LogP contribution is 2.20. The number of piperidine rings is 1. The van der Waals surface area contributed by atoms with Gasteiger partial charge in [-0.2, -0.15) is 0 Å². The summed E-state index contributed by atoms with van der Waals surface area (Å²) in [5.74, 6) is 2.68. The molecule has 1 N–H and O–H groups in total. The Bertz CT molecular complexity index is 860. The fraction of sp³-hybridized carbons (Fsp3) is 0.560. The van der Waals surface area contributed by atoms with Crippen molar-refractivity contribution in [1.82, 2.24) is 25.1 Å². The number of anilines is 1. The summed E-state index contributed by atoms with van der Waals surface area (Å²) in [4.78, 5) is 21.0. The largest absolute Gasteiger partial charge is 0.357 e. The van der Waals surface area contributed by atoms with E-state index in [9.17, 15) is 0 Å². The first kappa shape index (κ1) is 25.7. The zero-order valence-corrected chi connectivity index (χ0v) is 22.3. The molecule has 0 saturated carbocycles. The van der Waals surface area contributed by atoms with Gasteiger partial charge in [0.15, 0.2) is 5.96 Å². The summed E-state index contributed by atoms with van der Waals surface area (Å²) in [6, 6.07) is 10.7. The van der Waals surface area contributed by atoms with E-state index in [1.165, 1.54) is 37.1 Å². The number of piperazine rings is 1. The van der Waals surface area contributed by atoms with Crippen molar-refractivity contribution >= 4 is 35.9 Å². The Balaban J connectivity index is 0.00000306. The van der Waals surface area contributed by atoms with Crippen LogP contribution in [0.3, 0.4) is 0 Å². The summed E-state index contributed by atoms with van der Waals surface area (Å²) in [6.45, 7) is 13.2. The van der Waals surface area contributed by atoms with Crippen LogP contribution in [0.1, 0.15) is 37.8 Å². The lowest BCUT2D eigenvalue weighted by molar-refractivity contribution is 0.185. The van der Waals surface area contributed by atoms with Crippen molar-refractivity contribution < 1.29 is 0 Å². The molecule has 33 heavy (non-hydrogen) atoms. The Labute approximate surface area is 215 Å². The lowest BCUT2D eigenvalue weighted by Crippen LogP contribution is -2.53. The van der Waals surface area contributed by atoms with E-state index in [1.807, 2.05) is 18.5 Å². The zero-order valence-electron chi connectivity index (χ0n) is 20.0. The molecule has 7 nitrogen and oxygen atoms in total. The minimum absolute atomic E-state index is 0. The molecule has 2 aromatic rings. The highest BCUT2D eigenvalue weighted by molar-refractivity contribution is 14.0. The van der Waals surface area contributed by atoms with E-state index in [4.69, 9.17) is 4.99 Å². The molecule has 3 heterocycles. The van der Waals surface area contributed by atoms with Gasteiger partial charge in [-0.15, -0.1) is 24.0 Å². The van der Waals surface area contributed by atoms with Crippen LogP contribution in [0.5, 0.6) is 0 Å². The molecule has 2 aliphatic heterocycles. The van der Waals surface area contributed by atoms with E-state index in [1.54, 1.807) is 0 Å². The third kappa shape index (κ3) is 7.27. The minimum atomic E-state index is 0. The number of hydrogen-bond acceptors (Lipinski definition) is 5. The van der Waals surface area contributed by atoms with E-state index in [-0.39, 0.29) is 24.0 Å². The standard InChI is InChI=1S/C25H37N7.HI/c1-3-26-24(31-15-17-32(18-16-31)25-27-11-6-12-28-25)29-19-22-7-4-5-8-23(22)20-30-13-9-21(2)10-14-30;/h4-8,11-12,21H,3,9-10,13-20H2,1-2H3,(H,26,29);1H. The number of benzene rings is 1. The maximum atomic E-state index is 5.03. The number of halogens is 1. The monoisotopic (exact) mass is 563 g/mol. The van der Waals surface area contributed by atoms with E-state index < -0.39 is 0 Å². The number of likely N-dealkylation sites (tertiary alicyclic amines) is 1. The van der Waals surface area contributed by atoms with Gasteiger partial charge in [0, 0.05) is 51.7 Å². The molecule has 0 amide bonds. The van der Waals surface area contributed by atoms with Gasteiger partial charge < -0.3 is 15.1 Å². The third-order valence-corrected chi connectivity index (χ3v) is 6.54. The van der Waals surface area contributed by atoms with Crippen molar-refractivity contribution in [2.24, 2.45) is 10.9 Å². The average Bonchev–Trinajstić information content (AvgIpc) is 2.85. The second-order valence-corrected chi connectivity index (χ2v) is 8.92. The molecule has 0 spiro atoms. The van der Waals surface area contributed by atoms with Gasteiger partial charge in [-0.1, -0.05) is 31.2 Å². The first-order chi connectivity index (χ1) is 15.7. The van der Waals surface area contributed by atoms with Gasteiger partial charge in [-0.05, 0) is 56.0 Å². The molecule has 0 unspecified atom stereocenters. The third-order valence-electron chi connectivity index (χ3n) is 6.54. The molecule has 0 aliphatic carbocycles. The van der Waals surface area contributed by atoms with Crippen LogP contribution in [0.15, 0.2) is 47.7 Å². The second-order valence-electron chi connectivity index (χ2n) is 8.92. The number of nitrogens with one attached hydrogen (secondary N) is 1. The molecule has 0 radical (unpaired) electrons. The van der Waals surface area contributed by atoms with E-state index in [0.29, 0.717) is 6.54 Å². The molecular formula is C25H38IN7. The van der Waals surface area contributed by atoms with Crippen molar-refractivity contribution in [2.75, 3.05) is 50.7 Å². The van der Waals surface area contributed by atoms with E-state index in [2.05, 4.69) is 68.1 Å². The van der Waals surface area contributed by atoms with Crippen LogP contribution in [0, 0.1) is 5.92 Å². The summed E-state index contributed by atoms with van der Waals surface area (Å²) in [5.41, 5.74) is 2.74. The molecule has 2 aliphatic rings. The molecular weight excluding hydrogens is 525 g/mol. The fourth-order valence-corrected chi connectivity index (χ4v) is 4.49. The molecule has 1 aromatic heterocycles. The number of aliphatic imine (C=N–C) groups is 1. The Hall–Kier alpha value is -1.94. The number of hydrogen-bond donors (Lipinski definition) is 1. The van der Waals surface area contributed by atoms with Crippen LogP contribution >= 0.6 is 24.0 Å². The van der Waals surface area contributed by atoms with Gasteiger partial charge in [0.25, 0.3) is 0 Å². The Morgan fingerprint density at radius 2 is 1.64 bits per heavy atom. The molecule has 0 atom stereocenters. The van der Waals surface area contributed by atoms with Crippen molar-refractivity contribution in [2.45, 2.75) is 39.8 Å². The Kier molecular flexibility index (Phi) is 10.2. The lowest BCUT2D eigenvalue weighted by atomic mass is 9.98. The maximum Gasteiger partial charge on any atom is 0.225 e. The van der Waals surface area contributed by atoms with Gasteiger partial charge in [0.05, 0.1) is 6.54 Å². The summed E-state index contributed by atoms with van der Waals surface area (Å²) in [5, 5.41) is 3.50. The predicted octanol–water partition coefficient (Wildman–Crippen LogP) is 3.61. The van der Waals surface area contributed by atoms with Crippen molar-refractivity contribution in [3.8, 4) is 0 Å². The van der Waals surface area contributed by atoms with Crippen LogP contribution in [0.4, 0.5) is 5.95 Å². The second kappa shape index (κ2) is 13.1. The Morgan fingerprint density at radius 1 is 0.970 bits per heavy atom. The SMILES string of the molecule is CCNC(=NCc1ccccc1CN1CCC(C)CC1)N1CCN(c2ncccn2)CC1.I. The summed E-state index contributed by atoms with van der Waals surface area (Å²) >= 11 is 0. The number of guanidine groups is 1. The molecule has 0 bridgehead atoms. The normalized spacial score (nSPS) is 18.2. The highest BCUT2D eigenvalue weighted by atomic mass is 127. The van der Waals surface area contributed by atoms with Crippen LogP contribution in [-0.4, -0.2) is 71.5 Å². The Morgan fingerprint density at radius 3 is 2.30 bits per heavy atom. The van der Waals surface area contributed by atoms with Crippen molar-refractivity contribution in [1.29, 1.82) is 0 Å². The number of rotatable bonds is 6. The molecule has 2 fully saturated rings. The smallest absolute Gasteiger partial charge is 0.225 e. The van der Waals surface area contributed by atoms with Gasteiger partial charge in [-0.25, -0.2) is 15.0 Å². The molecule has 4 rings (SSSR count). The summed E-state index contributed by atoms with van der Waals surface area (Å²) in [6.07, 6.45) is 6.24. The maximum absolute atomic E-state index is 5.03. The quantitative estimate of drug-likeness (QED) is 0.329. The molecule has 1 aromatic carbocycles. The average molecular weight is 564 g/mol. The van der Waals surface area contributed by atoms with Crippen LogP contribution in [0.25, 0.3) is 0 Å². The fourth-order valence-electron chi connectivity index (χ4n) is 4.49. The van der Waals surface area contributed by atoms with Crippen LogP contribution in [-0.2, 0) is 13.1 Å². The number of aromatic nitrogens is 2. The predicted molar refractivity (Wildman–Crippen MR) is 146 cm³/mol. The zero-order chi connectivity index (χ0) is 22.2. The lowest BCUT2D eigenvalue weighted by Gasteiger charge is -2.36.